The highest BCUT2D eigenvalue weighted by Crippen LogP contribution is 2.28. The molecule has 0 aliphatic rings. The van der Waals surface area contributed by atoms with Crippen LogP contribution >= 0.6 is 11.3 Å². The van der Waals surface area contributed by atoms with Crippen LogP contribution in [0, 0.1) is 0 Å². The number of para-hydroxylation sites is 1. The number of benzene rings is 2. The highest BCUT2D eigenvalue weighted by molar-refractivity contribution is 7.09. The van der Waals surface area contributed by atoms with E-state index in [1.165, 1.54) is 0 Å². The highest BCUT2D eigenvalue weighted by atomic mass is 32.1. The van der Waals surface area contributed by atoms with E-state index in [0.29, 0.717) is 36.7 Å². The summed E-state index contributed by atoms with van der Waals surface area (Å²) in [6, 6.07) is 18.6. The molecule has 0 saturated heterocycles. The van der Waals surface area contributed by atoms with Gasteiger partial charge < -0.3 is 24.6 Å². The number of hydrogen-bond donors (Lipinski definition) is 1. The molecule has 0 saturated carbocycles. The number of hydrogen-bond acceptors (Lipinski definition) is 5. The molecule has 0 bridgehead atoms. The molecule has 1 heterocycles. The monoisotopic (exact) mass is 495 g/mol. The first-order valence-corrected chi connectivity index (χ1v) is 12.4. The summed E-state index contributed by atoms with van der Waals surface area (Å²) in [7, 11) is 3.21. The Balaban J connectivity index is 1.72. The fourth-order valence-corrected chi connectivity index (χ4v) is 4.35. The van der Waals surface area contributed by atoms with Crippen LogP contribution in [0.15, 0.2) is 66.0 Å². The Labute approximate surface area is 211 Å². The number of carbonyl (C=O) groups excluding carboxylic acids is 2. The summed E-state index contributed by atoms with van der Waals surface area (Å²) in [6.45, 7) is 4.82. The Morgan fingerprint density at radius 2 is 1.71 bits per heavy atom. The van der Waals surface area contributed by atoms with Gasteiger partial charge in [-0.05, 0) is 61.5 Å². The number of anilines is 1. The van der Waals surface area contributed by atoms with Gasteiger partial charge in [-0.2, -0.15) is 0 Å². The van der Waals surface area contributed by atoms with Crippen molar-refractivity contribution < 1.29 is 19.1 Å². The van der Waals surface area contributed by atoms with Gasteiger partial charge in [0.15, 0.2) is 11.5 Å². The Morgan fingerprint density at radius 1 is 0.971 bits per heavy atom. The van der Waals surface area contributed by atoms with Gasteiger partial charge >= 0.3 is 6.03 Å². The summed E-state index contributed by atoms with van der Waals surface area (Å²) in [5.74, 6) is 1.22. The lowest BCUT2D eigenvalue weighted by molar-refractivity contribution is -0.132. The molecule has 1 N–H and O–H groups in total. The molecule has 35 heavy (non-hydrogen) atoms. The normalized spacial score (nSPS) is 10.7. The number of carbonyl (C=O) groups is 2. The highest BCUT2D eigenvalue weighted by Gasteiger charge is 2.24. The number of rotatable bonds is 11. The van der Waals surface area contributed by atoms with Crippen LogP contribution < -0.4 is 14.8 Å². The van der Waals surface area contributed by atoms with E-state index in [2.05, 4.69) is 5.32 Å². The van der Waals surface area contributed by atoms with Crippen LogP contribution in [0.4, 0.5) is 10.5 Å². The molecular weight excluding hydrogens is 462 g/mol. The maximum absolute atomic E-state index is 13.5. The minimum Gasteiger partial charge on any atom is -0.493 e. The van der Waals surface area contributed by atoms with E-state index in [-0.39, 0.29) is 24.5 Å². The number of nitrogens with zero attached hydrogens (tertiary/aromatic N) is 2. The number of amides is 3. The van der Waals surface area contributed by atoms with E-state index in [4.69, 9.17) is 9.47 Å². The van der Waals surface area contributed by atoms with Crippen LogP contribution in [0.25, 0.3) is 0 Å². The fraction of sp³-hybridized carbons (Fsp3) is 0.333. The molecule has 3 aromatic rings. The third-order valence-electron chi connectivity index (χ3n) is 5.61. The number of methoxy groups -OCH3 is 2. The molecule has 3 rings (SSSR count). The summed E-state index contributed by atoms with van der Waals surface area (Å²) in [6.07, 6.45) is 0.648. The van der Waals surface area contributed by atoms with Crippen LogP contribution in [-0.4, -0.2) is 55.1 Å². The van der Waals surface area contributed by atoms with Crippen molar-refractivity contribution in [2.45, 2.75) is 32.9 Å². The molecule has 186 valence electrons. The second-order valence-corrected chi connectivity index (χ2v) is 9.38. The summed E-state index contributed by atoms with van der Waals surface area (Å²) in [5, 5.41) is 4.89. The zero-order chi connectivity index (χ0) is 25.2. The van der Waals surface area contributed by atoms with Crippen LogP contribution in [0.3, 0.4) is 0 Å². The van der Waals surface area contributed by atoms with Gasteiger partial charge in [0.2, 0.25) is 5.91 Å². The van der Waals surface area contributed by atoms with E-state index in [1.54, 1.807) is 30.5 Å². The van der Waals surface area contributed by atoms with Crippen LogP contribution in [-0.2, 0) is 17.8 Å². The van der Waals surface area contributed by atoms with Crippen molar-refractivity contribution in [3.8, 4) is 11.5 Å². The standard InChI is InChI=1S/C27H33N3O4S/c1-20(2)30(27(32)28-22-9-6-5-7-10-22)19-26(31)29(18-23-11-8-16-35-23)15-14-21-12-13-24(33-3)25(17-21)34-4/h5-13,16-17,20H,14-15,18-19H2,1-4H3,(H,28,32). The molecular formula is C27H33N3O4S. The summed E-state index contributed by atoms with van der Waals surface area (Å²) in [4.78, 5) is 30.9. The first-order valence-electron chi connectivity index (χ1n) is 11.5. The van der Waals surface area contributed by atoms with Crippen LogP contribution in [0.5, 0.6) is 11.5 Å². The predicted molar refractivity (Wildman–Crippen MR) is 140 cm³/mol. The maximum Gasteiger partial charge on any atom is 0.322 e. The van der Waals surface area contributed by atoms with E-state index in [9.17, 15) is 9.59 Å². The summed E-state index contributed by atoms with van der Waals surface area (Å²) in [5.41, 5.74) is 1.73. The third-order valence-corrected chi connectivity index (χ3v) is 6.47. The zero-order valence-corrected chi connectivity index (χ0v) is 21.5. The Morgan fingerprint density at radius 3 is 2.34 bits per heavy atom. The Bertz CT molecular complexity index is 1090. The first kappa shape index (κ1) is 26.1. The second kappa shape index (κ2) is 12.8. The molecule has 7 nitrogen and oxygen atoms in total. The Hall–Kier alpha value is -3.52. The lowest BCUT2D eigenvalue weighted by Gasteiger charge is -2.30. The van der Waals surface area contributed by atoms with E-state index < -0.39 is 0 Å². The van der Waals surface area contributed by atoms with Gasteiger partial charge in [0.1, 0.15) is 6.54 Å². The lowest BCUT2D eigenvalue weighted by Crippen LogP contribution is -2.47. The molecule has 0 fully saturated rings. The van der Waals surface area contributed by atoms with Crippen molar-refractivity contribution in [1.29, 1.82) is 0 Å². The smallest absolute Gasteiger partial charge is 0.322 e. The molecule has 8 heteroatoms. The molecule has 0 aliphatic heterocycles. The van der Waals surface area contributed by atoms with Crippen LogP contribution in [0.1, 0.15) is 24.3 Å². The number of thiophene rings is 1. The van der Waals surface area contributed by atoms with Crippen LogP contribution in [0.2, 0.25) is 0 Å². The average molecular weight is 496 g/mol. The van der Waals surface area contributed by atoms with Gasteiger partial charge in [-0.1, -0.05) is 30.3 Å². The van der Waals surface area contributed by atoms with Crippen molar-refractivity contribution in [3.05, 3.63) is 76.5 Å². The quantitative estimate of drug-likeness (QED) is 0.393. The summed E-state index contributed by atoms with van der Waals surface area (Å²) < 4.78 is 10.7. The number of urea groups is 1. The van der Waals surface area contributed by atoms with Gasteiger partial charge in [0.25, 0.3) is 0 Å². The van der Waals surface area contributed by atoms with Gasteiger partial charge in [-0.3, -0.25) is 4.79 Å². The van der Waals surface area contributed by atoms with Crippen molar-refractivity contribution in [1.82, 2.24) is 9.80 Å². The molecule has 3 amide bonds. The minimum absolute atomic E-state index is 0.00631. The summed E-state index contributed by atoms with van der Waals surface area (Å²) >= 11 is 1.61. The third kappa shape index (κ3) is 7.48. The van der Waals surface area contributed by atoms with Gasteiger partial charge in [0, 0.05) is 23.2 Å². The largest absolute Gasteiger partial charge is 0.493 e. The first-order chi connectivity index (χ1) is 16.9. The fourth-order valence-electron chi connectivity index (χ4n) is 3.63. The minimum atomic E-state index is -0.296. The average Bonchev–Trinajstić information content (AvgIpc) is 3.38. The van der Waals surface area contributed by atoms with E-state index >= 15 is 0 Å². The molecule has 0 unspecified atom stereocenters. The Kier molecular flexibility index (Phi) is 9.55. The predicted octanol–water partition coefficient (Wildman–Crippen LogP) is 5.28. The zero-order valence-electron chi connectivity index (χ0n) is 20.7. The van der Waals surface area contributed by atoms with Gasteiger partial charge in [-0.25, -0.2) is 4.79 Å². The second-order valence-electron chi connectivity index (χ2n) is 8.35. The molecule has 1 aromatic heterocycles. The van der Waals surface area contributed by atoms with E-state index in [1.807, 2.05) is 84.8 Å². The van der Waals surface area contributed by atoms with Gasteiger partial charge in [-0.15, -0.1) is 11.3 Å². The van der Waals surface area contributed by atoms with Crippen molar-refractivity contribution in [2.24, 2.45) is 0 Å². The SMILES string of the molecule is COc1ccc(CCN(Cc2cccs2)C(=O)CN(C(=O)Nc2ccccc2)C(C)C)cc1OC. The maximum atomic E-state index is 13.5. The van der Waals surface area contributed by atoms with Crippen molar-refractivity contribution in [2.75, 3.05) is 32.6 Å². The van der Waals surface area contributed by atoms with Gasteiger partial charge in [0.05, 0.1) is 20.8 Å². The van der Waals surface area contributed by atoms with Crippen molar-refractivity contribution in [3.63, 3.8) is 0 Å². The topological polar surface area (TPSA) is 71.1 Å². The van der Waals surface area contributed by atoms with E-state index in [0.717, 1.165) is 10.4 Å². The lowest BCUT2D eigenvalue weighted by atomic mass is 10.1. The molecule has 0 aliphatic carbocycles. The van der Waals surface area contributed by atoms with Crippen molar-refractivity contribution >= 4 is 29.0 Å². The molecule has 2 aromatic carbocycles. The number of nitrogens with one attached hydrogen (secondary N) is 1. The molecule has 0 radical (unpaired) electrons. The molecule has 0 atom stereocenters. The molecule has 0 spiro atoms. The number of ether oxygens (including phenoxy) is 2.